The molecule has 0 saturated carbocycles. The van der Waals surface area contributed by atoms with E-state index < -0.39 is 10.8 Å². The standard InChI is InChI=1S/C14H8N2O4/c15-9-11(13-6-7-14(20-13)16(18)19)8-12(17)10-4-2-1-3-5-10/h1-8H/b11-8+. The molecule has 0 aliphatic carbocycles. The summed E-state index contributed by atoms with van der Waals surface area (Å²) < 4.78 is 4.89. The summed E-state index contributed by atoms with van der Waals surface area (Å²) in [6.45, 7) is 0. The molecule has 0 saturated heterocycles. The van der Waals surface area contributed by atoms with Crippen LogP contribution < -0.4 is 0 Å². The van der Waals surface area contributed by atoms with Gasteiger partial charge in [0.15, 0.2) is 11.5 Å². The summed E-state index contributed by atoms with van der Waals surface area (Å²) in [6.07, 6.45) is 1.10. The van der Waals surface area contributed by atoms with Crippen LogP contribution in [0.4, 0.5) is 5.88 Å². The Bertz CT molecular complexity index is 723. The van der Waals surface area contributed by atoms with Crippen LogP contribution in [-0.2, 0) is 0 Å². The number of ketones is 1. The summed E-state index contributed by atoms with van der Waals surface area (Å²) in [5.74, 6) is -0.863. The Hall–Kier alpha value is -3.20. The van der Waals surface area contributed by atoms with Crippen molar-refractivity contribution in [3.8, 4) is 6.07 Å². The molecule has 0 spiro atoms. The second-order valence-electron chi connectivity index (χ2n) is 3.80. The van der Waals surface area contributed by atoms with Gasteiger partial charge in [0.2, 0.25) is 0 Å². The van der Waals surface area contributed by atoms with Crippen molar-refractivity contribution in [1.82, 2.24) is 0 Å². The topological polar surface area (TPSA) is 97.1 Å². The molecule has 1 aromatic heterocycles. The summed E-state index contributed by atoms with van der Waals surface area (Å²) in [5.41, 5.74) is 0.355. The van der Waals surface area contributed by atoms with Gasteiger partial charge in [-0.1, -0.05) is 30.3 Å². The largest absolute Gasteiger partial charge is 0.433 e. The molecule has 2 rings (SSSR count). The quantitative estimate of drug-likeness (QED) is 0.279. The predicted octanol–water partition coefficient (Wildman–Crippen LogP) is 2.98. The predicted molar refractivity (Wildman–Crippen MR) is 69.7 cm³/mol. The fourth-order valence-electron chi connectivity index (χ4n) is 1.55. The zero-order valence-electron chi connectivity index (χ0n) is 10.1. The van der Waals surface area contributed by atoms with Crippen LogP contribution in [0.2, 0.25) is 0 Å². The highest BCUT2D eigenvalue weighted by Gasteiger charge is 2.15. The Kier molecular flexibility index (Phi) is 3.72. The summed E-state index contributed by atoms with van der Waals surface area (Å²) in [4.78, 5) is 21.7. The maximum Gasteiger partial charge on any atom is 0.433 e. The monoisotopic (exact) mass is 268 g/mol. The third-order valence-electron chi connectivity index (χ3n) is 2.49. The number of nitrogens with zero attached hydrogens (tertiary/aromatic N) is 2. The molecule has 0 aliphatic heterocycles. The first-order chi connectivity index (χ1) is 9.61. The van der Waals surface area contributed by atoms with Crippen molar-refractivity contribution in [1.29, 1.82) is 5.26 Å². The van der Waals surface area contributed by atoms with E-state index in [1.165, 1.54) is 6.07 Å². The van der Waals surface area contributed by atoms with Gasteiger partial charge in [0.1, 0.15) is 11.0 Å². The van der Waals surface area contributed by atoms with E-state index in [1.54, 1.807) is 36.4 Å². The zero-order chi connectivity index (χ0) is 14.5. The van der Waals surface area contributed by atoms with Gasteiger partial charge >= 0.3 is 5.88 Å². The van der Waals surface area contributed by atoms with Crippen molar-refractivity contribution in [3.63, 3.8) is 0 Å². The number of hydrogen-bond acceptors (Lipinski definition) is 5. The lowest BCUT2D eigenvalue weighted by Gasteiger charge is -1.95. The molecular weight excluding hydrogens is 260 g/mol. The van der Waals surface area contributed by atoms with Crippen LogP contribution >= 0.6 is 0 Å². The third kappa shape index (κ3) is 2.79. The number of carbonyl (C=O) groups excluding carboxylic acids is 1. The Morgan fingerprint density at radius 3 is 2.50 bits per heavy atom. The van der Waals surface area contributed by atoms with Gasteiger partial charge in [-0.2, -0.15) is 5.26 Å². The van der Waals surface area contributed by atoms with E-state index in [9.17, 15) is 14.9 Å². The van der Waals surface area contributed by atoms with E-state index in [0.29, 0.717) is 5.56 Å². The number of hydrogen-bond donors (Lipinski definition) is 0. The molecular formula is C14H8N2O4. The average molecular weight is 268 g/mol. The lowest BCUT2D eigenvalue weighted by Crippen LogP contribution is -1.95. The number of furan rings is 1. The number of nitro groups is 1. The molecule has 0 amide bonds. The summed E-state index contributed by atoms with van der Waals surface area (Å²) in [7, 11) is 0. The number of nitriles is 1. The molecule has 0 N–H and O–H groups in total. The Balaban J connectivity index is 2.32. The molecule has 2 aromatic rings. The fraction of sp³-hybridized carbons (Fsp3) is 0. The average Bonchev–Trinajstić information content (AvgIpc) is 2.95. The molecule has 6 nitrogen and oxygen atoms in total. The van der Waals surface area contributed by atoms with Crippen molar-refractivity contribution in [3.05, 3.63) is 70.0 Å². The molecule has 0 bridgehead atoms. The third-order valence-corrected chi connectivity index (χ3v) is 2.49. The van der Waals surface area contributed by atoms with Crippen LogP contribution in [0.25, 0.3) is 5.57 Å². The first-order valence-corrected chi connectivity index (χ1v) is 5.57. The number of carbonyl (C=O) groups is 1. The Morgan fingerprint density at radius 1 is 1.25 bits per heavy atom. The SMILES string of the molecule is N#C/C(=C\C(=O)c1ccccc1)c1ccc([N+](=O)[O-])o1. The molecule has 0 unspecified atom stereocenters. The van der Waals surface area contributed by atoms with E-state index in [-0.39, 0.29) is 17.1 Å². The van der Waals surface area contributed by atoms with E-state index >= 15 is 0 Å². The van der Waals surface area contributed by atoms with E-state index in [4.69, 9.17) is 9.68 Å². The van der Waals surface area contributed by atoms with Gasteiger partial charge in [0.05, 0.1) is 11.6 Å². The minimum atomic E-state index is -0.711. The van der Waals surface area contributed by atoms with Crippen molar-refractivity contribution < 1.29 is 14.1 Å². The van der Waals surface area contributed by atoms with Gasteiger partial charge in [-0.05, 0) is 6.07 Å². The normalized spacial score (nSPS) is 10.8. The molecule has 0 fully saturated rings. The molecule has 0 aliphatic rings. The van der Waals surface area contributed by atoms with Gasteiger partial charge in [-0.3, -0.25) is 14.9 Å². The van der Waals surface area contributed by atoms with Crippen molar-refractivity contribution in [2.24, 2.45) is 0 Å². The van der Waals surface area contributed by atoms with Crippen LogP contribution in [0.3, 0.4) is 0 Å². The van der Waals surface area contributed by atoms with Gasteiger partial charge in [-0.25, -0.2) is 0 Å². The number of benzene rings is 1. The molecule has 0 radical (unpaired) electrons. The van der Waals surface area contributed by atoms with E-state index in [1.807, 2.05) is 0 Å². The lowest BCUT2D eigenvalue weighted by molar-refractivity contribution is -0.402. The van der Waals surface area contributed by atoms with Crippen LogP contribution in [0, 0.1) is 21.4 Å². The van der Waals surface area contributed by atoms with Crippen LogP contribution in [-0.4, -0.2) is 10.7 Å². The zero-order valence-corrected chi connectivity index (χ0v) is 10.1. The van der Waals surface area contributed by atoms with Crippen molar-refractivity contribution >= 4 is 17.2 Å². The smallest absolute Gasteiger partial charge is 0.400 e. The molecule has 1 aromatic carbocycles. The maximum atomic E-state index is 11.9. The number of rotatable bonds is 4. The first kappa shape index (κ1) is 13.2. The van der Waals surface area contributed by atoms with Crippen molar-refractivity contribution in [2.45, 2.75) is 0 Å². The minimum Gasteiger partial charge on any atom is -0.400 e. The van der Waals surface area contributed by atoms with Crippen LogP contribution in [0.5, 0.6) is 0 Å². The van der Waals surface area contributed by atoms with Crippen molar-refractivity contribution in [2.75, 3.05) is 0 Å². The first-order valence-electron chi connectivity index (χ1n) is 5.57. The second-order valence-corrected chi connectivity index (χ2v) is 3.80. The fourth-order valence-corrected chi connectivity index (χ4v) is 1.55. The second kappa shape index (κ2) is 5.63. The molecule has 1 heterocycles. The Morgan fingerprint density at radius 2 is 1.95 bits per heavy atom. The van der Waals surface area contributed by atoms with Gasteiger partial charge in [-0.15, -0.1) is 0 Å². The van der Waals surface area contributed by atoms with Gasteiger partial charge in [0.25, 0.3) is 0 Å². The van der Waals surface area contributed by atoms with Gasteiger partial charge < -0.3 is 4.42 Å². The van der Waals surface area contributed by atoms with Gasteiger partial charge in [0, 0.05) is 11.6 Å². The van der Waals surface area contributed by atoms with E-state index in [2.05, 4.69) is 0 Å². The minimum absolute atomic E-state index is 0.0107. The van der Waals surface area contributed by atoms with Crippen LogP contribution in [0.15, 0.2) is 53.0 Å². The summed E-state index contributed by atoms with van der Waals surface area (Å²) in [6, 6.07) is 12.6. The molecule has 0 atom stereocenters. The molecule has 6 heteroatoms. The highest BCUT2D eigenvalue weighted by Crippen LogP contribution is 2.22. The molecule has 98 valence electrons. The molecule has 20 heavy (non-hydrogen) atoms. The highest BCUT2D eigenvalue weighted by molar-refractivity contribution is 6.09. The van der Waals surface area contributed by atoms with E-state index in [0.717, 1.165) is 12.1 Å². The summed E-state index contributed by atoms with van der Waals surface area (Å²) in [5, 5.41) is 19.5. The number of allylic oxidation sites excluding steroid dienone is 2. The maximum absolute atomic E-state index is 11.9. The van der Waals surface area contributed by atoms with Crippen LogP contribution in [0.1, 0.15) is 16.1 Å². The summed E-state index contributed by atoms with van der Waals surface area (Å²) >= 11 is 0. The lowest BCUT2D eigenvalue weighted by atomic mass is 10.1. The Labute approximate surface area is 113 Å². The highest BCUT2D eigenvalue weighted by atomic mass is 16.6.